The Morgan fingerprint density at radius 3 is 2.71 bits per heavy atom. The van der Waals surface area contributed by atoms with Gasteiger partial charge >= 0.3 is 6.36 Å². The molecule has 2 atom stereocenters. The summed E-state index contributed by atoms with van der Waals surface area (Å²) in [6, 6.07) is 4.34. The van der Waals surface area contributed by atoms with Gasteiger partial charge in [-0.15, -0.1) is 19.8 Å². The summed E-state index contributed by atoms with van der Waals surface area (Å²) in [6.07, 6.45) is -1.15. The molecule has 0 aromatic heterocycles. The van der Waals surface area contributed by atoms with E-state index in [1.807, 2.05) is 11.9 Å². The summed E-state index contributed by atoms with van der Waals surface area (Å²) >= 11 is 5.82. The zero-order valence-corrected chi connectivity index (χ0v) is 12.0. The maximum absolute atomic E-state index is 12.2. The lowest BCUT2D eigenvalue weighted by Gasteiger charge is -2.23. The lowest BCUT2D eigenvalue weighted by molar-refractivity contribution is -0.274. The van der Waals surface area contributed by atoms with E-state index < -0.39 is 12.1 Å². The molecule has 1 heterocycles. The van der Waals surface area contributed by atoms with Gasteiger partial charge in [-0.1, -0.05) is 23.7 Å². The average molecular weight is 319 g/mol. The zero-order chi connectivity index (χ0) is 15.6. The third-order valence-corrected chi connectivity index (χ3v) is 3.55. The summed E-state index contributed by atoms with van der Waals surface area (Å²) in [5, 5.41) is 6.01. The quantitative estimate of drug-likeness (QED) is 0.776. The summed E-state index contributed by atoms with van der Waals surface area (Å²) in [5.74, 6) is -0.247. The SMILES string of the molecule is C=CC1C=NN(Cc2ccc(OC(F)(F)F)c(Cl)c2)C1C. The second-order valence-corrected chi connectivity index (χ2v) is 5.14. The van der Waals surface area contributed by atoms with Gasteiger partial charge in [0.2, 0.25) is 0 Å². The molecule has 0 bridgehead atoms. The predicted octanol–water partition coefficient (Wildman–Crippen LogP) is 4.23. The maximum atomic E-state index is 12.2. The number of ether oxygens (including phenoxy) is 1. The molecule has 0 radical (unpaired) electrons. The fraction of sp³-hybridized carbons (Fsp3) is 0.357. The minimum atomic E-state index is -4.75. The minimum absolute atomic E-state index is 0.0825. The van der Waals surface area contributed by atoms with Gasteiger partial charge in [0.05, 0.1) is 17.6 Å². The number of hydrogen-bond donors (Lipinski definition) is 0. The van der Waals surface area contributed by atoms with Gasteiger partial charge in [0.15, 0.2) is 0 Å². The standard InChI is InChI=1S/C14H14ClF3N2O/c1-3-11-7-19-20(9(11)2)8-10-4-5-13(12(15)6-10)21-14(16,17)18/h3-7,9,11H,1,8H2,2H3. The van der Waals surface area contributed by atoms with Crippen molar-refractivity contribution in [1.29, 1.82) is 0 Å². The molecule has 1 aliphatic rings. The van der Waals surface area contributed by atoms with Crippen LogP contribution >= 0.6 is 11.6 Å². The van der Waals surface area contributed by atoms with Gasteiger partial charge in [-0.3, -0.25) is 5.01 Å². The summed E-state index contributed by atoms with van der Waals surface area (Å²) in [5.41, 5.74) is 0.753. The third kappa shape index (κ3) is 3.91. The van der Waals surface area contributed by atoms with Crippen LogP contribution in [0.2, 0.25) is 5.02 Å². The second kappa shape index (κ2) is 5.97. The van der Waals surface area contributed by atoms with Gasteiger partial charge in [0.25, 0.3) is 0 Å². The van der Waals surface area contributed by atoms with Gasteiger partial charge in [-0.2, -0.15) is 5.10 Å². The van der Waals surface area contributed by atoms with Crippen LogP contribution in [0.25, 0.3) is 0 Å². The van der Waals surface area contributed by atoms with Gasteiger partial charge in [0.1, 0.15) is 5.75 Å². The number of rotatable bonds is 4. The van der Waals surface area contributed by atoms with Gasteiger partial charge in [-0.05, 0) is 24.6 Å². The molecule has 0 N–H and O–H groups in total. The first-order valence-electron chi connectivity index (χ1n) is 6.27. The van der Waals surface area contributed by atoms with Crippen molar-refractivity contribution in [1.82, 2.24) is 5.01 Å². The lowest BCUT2D eigenvalue weighted by atomic mass is 10.0. The fourth-order valence-corrected chi connectivity index (χ4v) is 2.31. The Bertz CT molecular complexity index is 560. The smallest absolute Gasteiger partial charge is 0.404 e. The summed E-state index contributed by atoms with van der Waals surface area (Å²) < 4.78 is 40.3. The van der Waals surface area contributed by atoms with E-state index >= 15 is 0 Å². The minimum Gasteiger partial charge on any atom is -0.404 e. The van der Waals surface area contributed by atoms with Crippen LogP contribution in [0, 0.1) is 5.92 Å². The number of hydrazone groups is 1. The summed E-state index contributed by atoms with van der Waals surface area (Å²) in [7, 11) is 0. The molecule has 0 saturated heterocycles. The van der Waals surface area contributed by atoms with Crippen molar-refractivity contribution in [3.8, 4) is 5.75 Å². The van der Waals surface area contributed by atoms with Crippen molar-refractivity contribution in [2.75, 3.05) is 0 Å². The van der Waals surface area contributed by atoms with Crippen molar-refractivity contribution >= 4 is 17.8 Å². The van der Waals surface area contributed by atoms with Crippen LogP contribution in [-0.2, 0) is 6.54 Å². The zero-order valence-electron chi connectivity index (χ0n) is 11.3. The van der Waals surface area contributed by atoms with Crippen molar-refractivity contribution in [3.05, 3.63) is 41.4 Å². The Balaban J connectivity index is 2.08. The second-order valence-electron chi connectivity index (χ2n) is 4.73. The highest BCUT2D eigenvalue weighted by atomic mass is 35.5. The highest BCUT2D eigenvalue weighted by molar-refractivity contribution is 6.32. The van der Waals surface area contributed by atoms with Gasteiger partial charge in [0, 0.05) is 12.1 Å². The first kappa shape index (κ1) is 15.7. The monoisotopic (exact) mass is 318 g/mol. The molecule has 3 nitrogen and oxygen atoms in total. The van der Waals surface area contributed by atoms with Gasteiger partial charge < -0.3 is 4.74 Å². The van der Waals surface area contributed by atoms with E-state index in [9.17, 15) is 13.2 Å². The number of alkyl halides is 3. The molecule has 7 heteroatoms. The number of hydrogen-bond acceptors (Lipinski definition) is 3. The number of benzene rings is 1. The molecule has 0 fully saturated rings. The summed E-state index contributed by atoms with van der Waals surface area (Å²) in [4.78, 5) is 0. The van der Waals surface area contributed by atoms with E-state index in [4.69, 9.17) is 11.6 Å². The number of nitrogens with zero attached hydrogens (tertiary/aromatic N) is 2. The van der Waals surface area contributed by atoms with Crippen molar-refractivity contribution in [3.63, 3.8) is 0 Å². The Morgan fingerprint density at radius 1 is 1.48 bits per heavy atom. The van der Waals surface area contributed by atoms with E-state index in [0.29, 0.717) is 6.54 Å². The van der Waals surface area contributed by atoms with Crippen molar-refractivity contribution in [2.45, 2.75) is 25.9 Å². The Hall–Kier alpha value is -1.69. The predicted molar refractivity (Wildman–Crippen MR) is 75.3 cm³/mol. The van der Waals surface area contributed by atoms with E-state index in [1.54, 1.807) is 12.3 Å². The van der Waals surface area contributed by atoms with E-state index in [0.717, 1.165) is 5.56 Å². The fourth-order valence-electron chi connectivity index (χ4n) is 2.07. The third-order valence-electron chi connectivity index (χ3n) is 3.25. The largest absolute Gasteiger partial charge is 0.573 e. The molecule has 0 aliphatic carbocycles. The normalized spacial score (nSPS) is 21.7. The molecule has 1 aromatic rings. The highest BCUT2D eigenvalue weighted by Gasteiger charge is 2.32. The van der Waals surface area contributed by atoms with Crippen LogP contribution in [0.1, 0.15) is 12.5 Å². The molecule has 2 unspecified atom stereocenters. The van der Waals surface area contributed by atoms with E-state index in [-0.39, 0.29) is 17.0 Å². The molecular formula is C14H14ClF3N2O. The molecule has 114 valence electrons. The topological polar surface area (TPSA) is 24.8 Å². The molecule has 1 aliphatic heterocycles. The maximum Gasteiger partial charge on any atom is 0.573 e. The lowest BCUT2D eigenvalue weighted by Crippen LogP contribution is -2.27. The van der Waals surface area contributed by atoms with Crippen molar-refractivity contribution < 1.29 is 17.9 Å². The Labute approximate surface area is 125 Å². The molecule has 21 heavy (non-hydrogen) atoms. The van der Waals surface area contributed by atoms with Crippen LogP contribution in [0.15, 0.2) is 36.0 Å². The number of halogens is 4. The highest BCUT2D eigenvalue weighted by Crippen LogP contribution is 2.31. The van der Waals surface area contributed by atoms with Crippen LogP contribution in [0.5, 0.6) is 5.75 Å². The summed E-state index contributed by atoms with van der Waals surface area (Å²) in [6.45, 7) is 6.19. The molecule has 0 saturated carbocycles. The molecular weight excluding hydrogens is 305 g/mol. The molecule has 0 amide bonds. The first-order chi connectivity index (χ1) is 9.80. The van der Waals surface area contributed by atoms with E-state index in [2.05, 4.69) is 16.4 Å². The molecule has 1 aromatic carbocycles. The van der Waals surface area contributed by atoms with Gasteiger partial charge in [-0.25, -0.2) is 0 Å². The Morgan fingerprint density at radius 2 is 2.19 bits per heavy atom. The van der Waals surface area contributed by atoms with Crippen LogP contribution in [0.4, 0.5) is 13.2 Å². The van der Waals surface area contributed by atoms with Crippen LogP contribution < -0.4 is 4.74 Å². The Kier molecular flexibility index (Phi) is 4.46. The first-order valence-corrected chi connectivity index (χ1v) is 6.65. The van der Waals surface area contributed by atoms with Crippen LogP contribution in [0.3, 0.4) is 0 Å². The molecule has 2 rings (SSSR count). The molecule has 0 spiro atoms. The van der Waals surface area contributed by atoms with Crippen molar-refractivity contribution in [2.24, 2.45) is 11.0 Å². The van der Waals surface area contributed by atoms with Crippen LogP contribution in [-0.4, -0.2) is 23.6 Å². The average Bonchev–Trinajstić information content (AvgIpc) is 2.72. The van der Waals surface area contributed by atoms with E-state index in [1.165, 1.54) is 18.2 Å².